The summed E-state index contributed by atoms with van der Waals surface area (Å²) < 4.78 is 27.5. The minimum Gasteiger partial charge on any atom is -0.316 e. The highest BCUT2D eigenvalue weighted by Gasteiger charge is 2.63. The third kappa shape index (κ3) is 3.44. The topological polar surface area (TPSA) is 131 Å². The molecule has 2 bridgehead atoms. The fraction of sp³-hybridized carbons (Fsp3) is 0.304. The number of carbonyl (C=O) groups excluding carboxylic acids is 3. The van der Waals surface area contributed by atoms with Gasteiger partial charge in [0.2, 0.25) is 0 Å². The van der Waals surface area contributed by atoms with E-state index in [9.17, 15) is 28.1 Å². The van der Waals surface area contributed by atoms with Gasteiger partial charge in [0.15, 0.2) is 0 Å². The molecule has 3 heterocycles. The highest BCUT2D eigenvalue weighted by Crippen LogP contribution is 2.43. The van der Waals surface area contributed by atoms with E-state index >= 15 is 0 Å². The number of nitriles is 1. The fourth-order valence-electron chi connectivity index (χ4n) is 5.07. The van der Waals surface area contributed by atoms with Crippen LogP contribution < -0.4 is 9.62 Å². The first kappa shape index (κ1) is 23.1. The second kappa shape index (κ2) is 7.96. The Balaban J connectivity index is 1.39. The van der Waals surface area contributed by atoms with E-state index in [1.807, 2.05) is 13.0 Å². The van der Waals surface area contributed by atoms with Crippen LogP contribution in [0.4, 0.5) is 15.3 Å². The zero-order valence-corrected chi connectivity index (χ0v) is 20.3. The average Bonchev–Trinajstić information content (AvgIpc) is 3.47. The van der Waals surface area contributed by atoms with E-state index in [4.69, 9.17) is 11.6 Å². The minimum atomic E-state index is -4.11. The number of sulfonamides is 1. The lowest BCUT2D eigenvalue weighted by molar-refractivity contribution is -0.120. The number of hydrogen-bond donors (Lipinski definition) is 1. The molecule has 180 valence electrons. The van der Waals surface area contributed by atoms with Crippen molar-refractivity contribution in [2.45, 2.75) is 43.3 Å². The van der Waals surface area contributed by atoms with Gasteiger partial charge in [-0.3, -0.25) is 4.79 Å². The van der Waals surface area contributed by atoms with Gasteiger partial charge in [-0.1, -0.05) is 29.3 Å². The Morgan fingerprint density at radius 2 is 1.83 bits per heavy atom. The maximum Gasteiger partial charge on any atom is 0.332 e. The zero-order valence-electron chi connectivity index (χ0n) is 18.7. The summed E-state index contributed by atoms with van der Waals surface area (Å²) in [5.41, 5.74) is 1.79. The number of rotatable bonds is 3. The first-order valence-corrected chi connectivity index (χ1v) is 12.7. The molecule has 10 nitrogen and oxygen atoms in total. The summed E-state index contributed by atoms with van der Waals surface area (Å²) in [6.45, 7) is 3.54. The smallest absolute Gasteiger partial charge is 0.316 e. The number of fused-ring (bicyclic) bond motifs is 5. The van der Waals surface area contributed by atoms with Crippen LogP contribution in [0, 0.1) is 25.2 Å². The summed E-state index contributed by atoms with van der Waals surface area (Å²) in [4.78, 5) is 43.3. The van der Waals surface area contributed by atoms with Gasteiger partial charge in [0.05, 0.1) is 33.3 Å². The lowest BCUT2D eigenvalue weighted by atomic mass is 10.1. The summed E-state index contributed by atoms with van der Waals surface area (Å²) in [7, 11) is -4.11. The van der Waals surface area contributed by atoms with Gasteiger partial charge >= 0.3 is 12.1 Å². The number of anilines is 1. The van der Waals surface area contributed by atoms with Gasteiger partial charge in [-0.15, -0.1) is 0 Å². The van der Waals surface area contributed by atoms with Gasteiger partial charge in [-0.2, -0.15) is 5.26 Å². The number of carbonyl (C=O) groups is 3. The first-order chi connectivity index (χ1) is 16.5. The average molecular weight is 514 g/mol. The number of imide groups is 1. The number of amides is 5. The number of benzene rings is 2. The van der Waals surface area contributed by atoms with Crippen LogP contribution in [0.3, 0.4) is 0 Å². The normalized spacial score (nSPS) is 23.0. The number of hydrogen-bond acceptors (Lipinski definition) is 6. The van der Waals surface area contributed by atoms with Crippen molar-refractivity contribution in [1.29, 1.82) is 5.26 Å². The van der Waals surface area contributed by atoms with E-state index in [1.165, 1.54) is 34.1 Å². The molecular weight excluding hydrogens is 494 g/mol. The Bertz CT molecular complexity index is 1440. The molecule has 0 aliphatic carbocycles. The molecule has 0 spiro atoms. The number of aryl methyl sites for hydroxylation is 1. The largest absolute Gasteiger partial charge is 0.332 e. The molecule has 12 heteroatoms. The summed E-state index contributed by atoms with van der Waals surface area (Å²) in [6, 6.07) is 7.60. The molecule has 2 aromatic rings. The Kier molecular flexibility index (Phi) is 5.27. The standard InChI is InChI=1S/C23H20ClN5O5S/c1-12-3-6-16(7-4-12)35(33,34)26-22(31)27-11-15-9-18(27)20-21(30)29(23(32)28(15)20)17-8-5-14(10-25)19(24)13(17)2/h3-8,15,18,20H,9,11H2,1-2H3,(H,26,31)/t15-,18?,20-/m1/s1. The van der Waals surface area contributed by atoms with E-state index in [0.29, 0.717) is 12.0 Å². The predicted octanol–water partition coefficient (Wildman–Crippen LogP) is 2.52. The molecule has 1 N–H and O–H groups in total. The molecule has 3 fully saturated rings. The number of piperazine rings is 1. The molecule has 3 aliphatic rings. The zero-order chi connectivity index (χ0) is 25.2. The second-order valence-corrected chi connectivity index (χ2v) is 10.9. The maximum absolute atomic E-state index is 13.4. The van der Waals surface area contributed by atoms with Crippen LogP contribution >= 0.6 is 11.6 Å². The van der Waals surface area contributed by atoms with Gasteiger partial charge in [-0.05, 0) is 50.1 Å². The first-order valence-electron chi connectivity index (χ1n) is 10.8. The van der Waals surface area contributed by atoms with Crippen molar-refractivity contribution in [2.75, 3.05) is 11.4 Å². The highest BCUT2D eigenvalue weighted by molar-refractivity contribution is 7.90. The quantitative estimate of drug-likeness (QED) is 0.627. The summed E-state index contributed by atoms with van der Waals surface area (Å²) >= 11 is 6.24. The Morgan fingerprint density at radius 3 is 2.49 bits per heavy atom. The van der Waals surface area contributed by atoms with Crippen molar-refractivity contribution in [1.82, 2.24) is 14.5 Å². The van der Waals surface area contributed by atoms with Gasteiger partial charge in [0.1, 0.15) is 12.1 Å². The third-order valence-corrected chi connectivity index (χ3v) is 8.62. The number of nitrogens with one attached hydrogen (secondary N) is 1. The van der Waals surface area contributed by atoms with Crippen molar-refractivity contribution in [2.24, 2.45) is 0 Å². The van der Waals surface area contributed by atoms with Crippen LogP contribution in [0.2, 0.25) is 5.02 Å². The molecule has 3 saturated heterocycles. The number of likely N-dealkylation sites (tertiary alicyclic amines) is 1. The molecule has 0 aromatic heterocycles. The SMILES string of the molecule is Cc1ccc(S(=O)(=O)NC(=O)N2C[C@H]3CC2[C@@H]2C(=O)N(c4ccc(C#N)c(Cl)c4C)C(=O)N32)cc1. The number of nitrogens with zero attached hydrogens (tertiary/aromatic N) is 4. The summed E-state index contributed by atoms with van der Waals surface area (Å²) in [5, 5.41) is 9.34. The van der Waals surface area contributed by atoms with Crippen molar-refractivity contribution in [3.63, 3.8) is 0 Å². The lowest BCUT2D eigenvalue weighted by Gasteiger charge is -2.34. The molecule has 1 unspecified atom stereocenters. The van der Waals surface area contributed by atoms with Crippen LogP contribution in [0.15, 0.2) is 41.3 Å². The van der Waals surface area contributed by atoms with Gasteiger partial charge in [0, 0.05) is 6.54 Å². The van der Waals surface area contributed by atoms with E-state index in [0.717, 1.165) is 10.5 Å². The predicted molar refractivity (Wildman–Crippen MR) is 125 cm³/mol. The minimum absolute atomic E-state index is 0.0473. The fourth-order valence-corrected chi connectivity index (χ4v) is 6.23. The second-order valence-electron chi connectivity index (χ2n) is 8.82. The monoisotopic (exact) mass is 513 g/mol. The molecule has 5 amide bonds. The van der Waals surface area contributed by atoms with Gasteiger partial charge in [-0.25, -0.2) is 27.6 Å². The van der Waals surface area contributed by atoms with Crippen molar-refractivity contribution in [3.8, 4) is 6.07 Å². The highest BCUT2D eigenvalue weighted by atomic mass is 35.5. The van der Waals surface area contributed by atoms with Crippen LogP contribution in [0.5, 0.6) is 0 Å². The van der Waals surface area contributed by atoms with Gasteiger partial charge in [0.25, 0.3) is 15.9 Å². The number of urea groups is 2. The van der Waals surface area contributed by atoms with E-state index in [1.54, 1.807) is 19.1 Å². The van der Waals surface area contributed by atoms with Crippen molar-refractivity contribution >= 4 is 45.3 Å². The van der Waals surface area contributed by atoms with E-state index in [-0.39, 0.29) is 27.7 Å². The van der Waals surface area contributed by atoms with Crippen molar-refractivity contribution < 1.29 is 22.8 Å². The molecule has 0 saturated carbocycles. The Morgan fingerprint density at radius 1 is 1.14 bits per heavy atom. The maximum atomic E-state index is 13.4. The van der Waals surface area contributed by atoms with Crippen LogP contribution in [-0.2, 0) is 14.8 Å². The molecule has 5 rings (SSSR count). The van der Waals surface area contributed by atoms with Crippen LogP contribution in [-0.4, -0.2) is 60.9 Å². The van der Waals surface area contributed by atoms with Gasteiger partial charge < -0.3 is 9.80 Å². The molecule has 3 aliphatic heterocycles. The van der Waals surface area contributed by atoms with E-state index in [2.05, 4.69) is 4.72 Å². The van der Waals surface area contributed by atoms with Crippen LogP contribution in [0.25, 0.3) is 0 Å². The Labute approximate surface area is 206 Å². The van der Waals surface area contributed by atoms with Crippen LogP contribution in [0.1, 0.15) is 23.1 Å². The molecular formula is C23H20ClN5O5S. The lowest BCUT2D eigenvalue weighted by Crippen LogP contribution is -2.57. The Hall–Kier alpha value is -3.62. The molecule has 35 heavy (non-hydrogen) atoms. The molecule has 0 radical (unpaired) electrons. The summed E-state index contributed by atoms with van der Waals surface area (Å²) in [5.74, 6) is -0.523. The third-order valence-electron chi connectivity index (χ3n) is 6.80. The number of halogens is 1. The van der Waals surface area contributed by atoms with E-state index < -0.39 is 46.1 Å². The molecule has 2 aromatic carbocycles. The summed E-state index contributed by atoms with van der Waals surface area (Å²) in [6.07, 6.45) is 0.376. The molecule has 3 atom stereocenters. The van der Waals surface area contributed by atoms with Crippen molar-refractivity contribution in [3.05, 3.63) is 58.1 Å².